The van der Waals surface area contributed by atoms with Gasteiger partial charge >= 0.3 is 12.0 Å². The summed E-state index contributed by atoms with van der Waals surface area (Å²) in [5.41, 5.74) is 1.82. The second-order valence-corrected chi connectivity index (χ2v) is 8.74. The minimum Gasteiger partial charge on any atom is -0.465 e. The van der Waals surface area contributed by atoms with Gasteiger partial charge in [0.05, 0.1) is 18.2 Å². The van der Waals surface area contributed by atoms with E-state index in [0.29, 0.717) is 28.7 Å². The van der Waals surface area contributed by atoms with Gasteiger partial charge in [0, 0.05) is 11.4 Å². The number of ether oxygens (including phenoxy) is 1. The van der Waals surface area contributed by atoms with Crippen LogP contribution in [-0.4, -0.2) is 39.6 Å². The Morgan fingerprint density at radius 3 is 2.45 bits per heavy atom. The van der Waals surface area contributed by atoms with Crippen LogP contribution in [0.1, 0.15) is 28.7 Å². The number of rotatable bonds is 7. The van der Waals surface area contributed by atoms with Gasteiger partial charge in [-0.15, -0.1) is 0 Å². The van der Waals surface area contributed by atoms with Crippen molar-refractivity contribution in [3.8, 4) is 0 Å². The molecular weight excluding hydrogens is 504 g/mol. The molecule has 0 radical (unpaired) electrons. The lowest BCUT2D eigenvalue weighted by Gasteiger charge is -2.23. The van der Waals surface area contributed by atoms with Crippen LogP contribution in [0.2, 0.25) is 5.28 Å². The summed E-state index contributed by atoms with van der Waals surface area (Å²) >= 11 is 6.15. The van der Waals surface area contributed by atoms with Crippen molar-refractivity contribution >= 4 is 47.4 Å². The number of nitrogens with zero attached hydrogens (tertiary/aromatic N) is 3. The second-order valence-electron chi connectivity index (χ2n) is 8.40. The molecule has 1 atom stereocenters. The molecule has 9 nitrogen and oxygen atoms in total. The molecule has 192 valence electrons. The second kappa shape index (κ2) is 12.0. The van der Waals surface area contributed by atoms with Crippen LogP contribution in [0.15, 0.2) is 90.7 Å². The summed E-state index contributed by atoms with van der Waals surface area (Å²) in [7, 11) is 1.31. The summed E-state index contributed by atoms with van der Waals surface area (Å²) in [6.45, 7) is 1.93. The molecule has 0 aliphatic heterocycles. The Kier molecular flexibility index (Phi) is 8.30. The molecule has 3 N–H and O–H groups in total. The predicted octanol–water partition coefficient (Wildman–Crippen LogP) is 5.48. The first-order chi connectivity index (χ1) is 18.3. The normalized spacial score (nSPS) is 16.4. The van der Waals surface area contributed by atoms with Crippen LogP contribution >= 0.6 is 11.6 Å². The Morgan fingerprint density at radius 1 is 0.947 bits per heavy atom. The van der Waals surface area contributed by atoms with Crippen LogP contribution in [0, 0.1) is 0 Å². The lowest BCUT2D eigenvalue weighted by molar-refractivity contribution is 0.0600. The molecule has 2 amide bonds. The van der Waals surface area contributed by atoms with Gasteiger partial charge in [-0.1, -0.05) is 54.6 Å². The Hall–Kier alpha value is -4.76. The summed E-state index contributed by atoms with van der Waals surface area (Å²) in [4.78, 5) is 36.9. The van der Waals surface area contributed by atoms with E-state index in [9.17, 15) is 9.59 Å². The highest BCUT2D eigenvalue weighted by atomic mass is 35.5. The number of aromatic nitrogens is 3. The molecule has 2 aromatic carbocycles. The quantitative estimate of drug-likeness (QED) is 0.347. The fourth-order valence-electron chi connectivity index (χ4n) is 3.46. The van der Waals surface area contributed by atoms with Crippen molar-refractivity contribution in [2.75, 3.05) is 17.7 Å². The molecule has 3 aromatic rings. The fourth-order valence-corrected chi connectivity index (χ4v) is 3.63. The molecule has 1 heterocycles. The highest BCUT2D eigenvalue weighted by Gasteiger charge is 2.20. The van der Waals surface area contributed by atoms with Crippen LogP contribution in [-0.2, 0) is 4.74 Å². The van der Waals surface area contributed by atoms with E-state index in [1.807, 2.05) is 61.6 Å². The van der Waals surface area contributed by atoms with Crippen molar-refractivity contribution in [2.45, 2.75) is 12.5 Å². The van der Waals surface area contributed by atoms with Crippen LogP contribution in [0.3, 0.4) is 0 Å². The number of benzene rings is 2. The summed E-state index contributed by atoms with van der Waals surface area (Å²) in [6.07, 6.45) is 12.8. The third-order valence-corrected chi connectivity index (χ3v) is 5.55. The van der Waals surface area contributed by atoms with Gasteiger partial charge in [-0.25, -0.2) is 9.59 Å². The molecule has 4 rings (SSSR count). The average molecular weight is 529 g/mol. The lowest BCUT2D eigenvalue weighted by Crippen LogP contribution is -2.31. The summed E-state index contributed by atoms with van der Waals surface area (Å²) in [6, 6.07) is 15.7. The third-order valence-electron chi connectivity index (χ3n) is 5.38. The van der Waals surface area contributed by atoms with Gasteiger partial charge in [-0.3, -0.25) is 0 Å². The maximum absolute atomic E-state index is 12.5. The standard InChI is InChI=1S/C28H25ClN6O3/c1-28(35-26-33-23(32-25(29)34-26)15-10-19-7-4-3-5-8-19)17-6-9-21(16-18-28)30-27(37)31-22-13-11-20(12-14-22)24(36)38-2/h3-18H,1-2H3,(H2,30,31,37)(H,32,33,34,35)/b15-10+. The molecule has 0 fully saturated rings. The SMILES string of the molecule is COC(=O)c1ccc(NC(=O)NC2=CC=CC(C)(Nc3nc(Cl)nc(/C=C/c4ccccc4)n3)C=C2)cc1. The van der Waals surface area contributed by atoms with E-state index < -0.39 is 17.5 Å². The van der Waals surface area contributed by atoms with Gasteiger partial charge in [0.2, 0.25) is 11.2 Å². The van der Waals surface area contributed by atoms with Crippen LogP contribution in [0.5, 0.6) is 0 Å². The van der Waals surface area contributed by atoms with Crippen molar-refractivity contribution in [3.05, 3.63) is 113 Å². The van der Waals surface area contributed by atoms with Gasteiger partial charge < -0.3 is 20.7 Å². The monoisotopic (exact) mass is 528 g/mol. The van der Waals surface area contributed by atoms with E-state index in [0.717, 1.165) is 5.56 Å². The molecule has 1 aliphatic rings. The van der Waals surface area contributed by atoms with E-state index in [1.54, 1.807) is 42.5 Å². The number of methoxy groups -OCH3 is 1. The van der Waals surface area contributed by atoms with Crippen LogP contribution in [0.25, 0.3) is 12.2 Å². The molecule has 1 unspecified atom stereocenters. The number of carbonyl (C=O) groups excluding carboxylic acids is 2. The number of urea groups is 1. The topological polar surface area (TPSA) is 118 Å². The van der Waals surface area contributed by atoms with E-state index in [4.69, 9.17) is 11.6 Å². The number of amides is 2. The number of hydrogen-bond donors (Lipinski definition) is 3. The van der Waals surface area contributed by atoms with E-state index in [2.05, 4.69) is 35.6 Å². The average Bonchev–Trinajstić information content (AvgIpc) is 3.08. The van der Waals surface area contributed by atoms with Crippen molar-refractivity contribution < 1.29 is 14.3 Å². The van der Waals surface area contributed by atoms with Crippen molar-refractivity contribution in [3.63, 3.8) is 0 Å². The molecule has 10 heteroatoms. The number of halogens is 1. The van der Waals surface area contributed by atoms with Crippen LogP contribution < -0.4 is 16.0 Å². The Morgan fingerprint density at radius 2 is 1.71 bits per heavy atom. The largest absolute Gasteiger partial charge is 0.465 e. The predicted molar refractivity (Wildman–Crippen MR) is 149 cm³/mol. The molecule has 0 saturated heterocycles. The van der Waals surface area contributed by atoms with Gasteiger partial charge in [-0.05, 0) is 66.6 Å². The number of nitrogens with one attached hydrogen (secondary N) is 3. The maximum Gasteiger partial charge on any atom is 0.337 e. The highest BCUT2D eigenvalue weighted by molar-refractivity contribution is 6.28. The third kappa shape index (κ3) is 7.37. The molecule has 0 spiro atoms. The van der Waals surface area contributed by atoms with E-state index >= 15 is 0 Å². The number of hydrogen-bond acceptors (Lipinski definition) is 7. The highest BCUT2D eigenvalue weighted by Crippen LogP contribution is 2.20. The molecule has 0 bridgehead atoms. The number of allylic oxidation sites excluding steroid dienone is 3. The van der Waals surface area contributed by atoms with E-state index in [1.165, 1.54) is 7.11 Å². The Balaban J connectivity index is 1.38. The fraction of sp³-hybridized carbons (Fsp3) is 0.107. The van der Waals surface area contributed by atoms with Gasteiger partial charge in [0.25, 0.3) is 0 Å². The van der Waals surface area contributed by atoms with Gasteiger partial charge in [0.1, 0.15) is 0 Å². The zero-order valence-corrected chi connectivity index (χ0v) is 21.4. The number of carbonyl (C=O) groups is 2. The van der Waals surface area contributed by atoms with E-state index in [-0.39, 0.29) is 5.28 Å². The Bertz CT molecular complexity index is 1430. The van der Waals surface area contributed by atoms with Crippen LogP contribution in [0.4, 0.5) is 16.4 Å². The Labute approximate surface area is 225 Å². The zero-order chi connectivity index (χ0) is 27.0. The molecule has 38 heavy (non-hydrogen) atoms. The van der Waals surface area contributed by atoms with Crippen molar-refractivity contribution in [2.24, 2.45) is 0 Å². The summed E-state index contributed by atoms with van der Waals surface area (Å²) in [5, 5.41) is 8.84. The minimum absolute atomic E-state index is 0.0668. The summed E-state index contributed by atoms with van der Waals surface area (Å²) < 4.78 is 4.68. The first-order valence-electron chi connectivity index (χ1n) is 11.6. The number of esters is 1. The molecule has 1 aliphatic carbocycles. The number of anilines is 2. The molecular formula is C28H25ClN6O3. The maximum atomic E-state index is 12.5. The smallest absolute Gasteiger partial charge is 0.337 e. The first kappa shape index (κ1) is 26.3. The summed E-state index contributed by atoms with van der Waals surface area (Å²) in [5.74, 6) is 0.273. The van der Waals surface area contributed by atoms with Crippen molar-refractivity contribution in [1.82, 2.24) is 20.3 Å². The first-order valence-corrected chi connectivity index (χ1v) is 12.0. The minimum atomic E-state index is -0.675. The van der Waals surface area contributed by atoms with Gasteiger partial charge in [-0.2, -0.15) is 15.0 Å². The van der Waals surface area contributed by atoms with Gasteiger partial charge in [0.15, 0.2) is 5.82 Å². The lowest BCUT2D eigenvalue weighted by atomic mass is 10.0. The molecule has 0 saturated carbocycles. The molecule has 1 aromatic heterocycles. The van der Waals surface area contributed by atoms with Crippen molar-refractivity contribution in [1.29, 1.82) is 0 Å². The zero-order valence-electron chi connectivity index (χ0n) is 20.7.